The normalized spacial score (nSPS) is 14.2. The Balaban J connectivity index is 2.33. The summed E-state index contributed by atoms with van der Waals surface area (Å²) >= 11 is 0. The van der Waals surface area contributed by atoms with Gasteiger partial charge in [-0.1, -0.05) is 6.07 Å². The van der Waals surface area contributed by atoms with Gasteiger partial charge in [0.15, 0.2) is 0 Å². The number of benzene rings is 1. The first-order chi connectivity index (χ1) is 11.0. The molecule has 1 amide bonds. The highest BCUT2D eigenvalue weighted by Crippen LogP contribution is 2.23. The molecule has 0 aliphatic carbocycles. The molecule has 8 nitrogen and oxygen atoms in total. The standard InChI is InChI=1S/C15H16N2O6/c1-23-15(22)11-8-17(5-6-18)13(19)12(11)16-10-4-2-3-9(7-10)14(20)21/h2-4,7,16,18H,5-6,8H2,1H3,(H,20,21). The van der Waals surface area contributed by atoms with E-state index in [0.29, 0.717) is 5.69 Å². The van der Waals surface area contributed by atoms with Crippen molar-refractivity contribution in [1.82, 2.24) is 4.90 Å². The van der Waals surface area contributed by atoms with Gasteiger partial charge in [-0.25, -0.2) is 9.59 Å². The molecule has 1 heterocycles. The average Bonchev–Trinajstić information content (AvgIpc) is 2.84. The number of esters is 1. The minimum Gasteiger partial charge on any atom is -0.478 e. The third-order valence-corrected chi connectivity index (χ3v) is 3.33. The van der Waals surface area contributed by atoms with Gasteiger partial charge in [-0.05, 0) is 18.2 Å². The summed E-state index contributed by atoms with van der Waals surface area (Å²) in [7, 11) is 1.21. The van der Waals surface area contributed by atoms with Crippen molar-refractivity contribution in [1.29, 1.82) is 0 Å². The summed E-state index contributed by atoms with van der Waals surface area (Å²) in [5.74, 6) is -2.22. The number of hydrogen-bond acceptors (Lipinski definition) is 6. The molecule has 8 heteroatoms. The minimum absolute atomic E-state index is 0.0209. The fourth-order valence-corrected chi connectivity index (χ4v) is 2.22. The van der Waals surface area contributed by atoms with Crippen molar-refractivity contribution >= 4 is 23.5 Å². The number of anilines is 1. The summed E-state index contributed by atoms with van der Waals surface area (Å²) in [5.41, 5.74) is 0.563. The molecule has 0 unspecified atom stereocenters. The molecule has 3 N–H and O–H groups in total. The SMILES string of the molecule is COC(=O)C1=C(Nc2cccc(C(=O)O)c2)C(=O)N(CCO)C1. The molecule has 1 aromatic rings. The number of nitrogens with one attached hydrogen (secondary N) is 1. The van der Waals surface area contributed by atoms with E-state index in [2.05, 4.69) is 10.1 Å². The van der Waals surface area contributed by atoms with Gasteiger partial charge in [0.25, 0.3) is 5.91 Å². The van der Waals surface area contributed by atoms with E-state index in [4.69, 9.17) is 10.2 Å². The van der Waals surface area contributed by atoms with Crippen LogP contribution in [0.1, 0.15) is 10.4 Å². The van der Waals surface area contributed by atoms with Crippen LogP contribution >= 0.6 is 0 Å². The number of β-amino-alcohol motifs (C(OH)–C–C–N with tert-alkyl or cyclic N) is 1. The van der Waals surface area contributed by atoms with E-state index in [1.54, 1.807) is 6.07 Å². The highest BCUT2D eigenvalue weighted by atomic mass is 16.5. The largest absolute Gasteiger partial charge is 0.478 e. The minimum atomic E-state index is -1.10. The monoisotopic (exact) mass is 320 g/mol. The highest BCUT2D eigenvalue weighted by molar-refractivity contribution is 6.08. The number of aliphatic hydroxyl groups excluding tert-OH is 1. The first-order valence-electron chi connectivity index (χ1n) is 6.80. The van der Waals surface area contributed by atoms with Crippen LogP contribution in [0.15, 0.2) is 35.5 Å². The van der Waals surface area contributed by atoms with Gasteiger partial charge >= 0.3 is 11.9 Å². The van der Waals surface area contributed by atoms with E-state index in [-0.39, 0.29) is 36.5 Å². The summed E-state index contributed by atoms with van der Waals surface area (Å²) < 4.78 is 4.67. The molecule has 0 radical (unpaired) electrons. The Labute approximate surface area is 132 Å². The molecule has 0 fully saturated rings. The number of hydrogen-bond donors (Lipinski definition) is 3. The molecular formula is C15H16N2O6. The maximum atomic E-state index is 12.3. The number of aromatic carboxylic acids is 1. The second-order valence-electron chi connectivity index (χ2n) is 4.81. The number of carbonyl (C=O) groups is 3. The van der Waals surface area contributed by atoms with E-state index >= 15 is 0 Å². The van der Waals surface area contributed by atoms with Gasteiger partial charge in [0.1, 0.15) is 5.70 Å². The van der Waals surface area contributed by atoms with Gasteiger partial charge in [0.05, 0.1) is 31.4 Å². The first-order valence-corrected chi connectivity index (χ1v) is 6.80. The summed E-state index contributed by atoms with van der Waals surface area (Å²) in [6.45, 7) is -0.130. The quantitative estimate of drug-likeness (QED) is 0.635. The molecule has 0 aromatic heterocycles. The molecule has 2 rings (SSSR count). The van der Waals surface area contributed by atoms with Crippen LogP contribution in [0.25, 0.3) is 0 Å². The van der Waals surface area contributed by atoms with Crippen molar-refractivity contribution in [2.75, 3.05) is 32.1 Å². The molecule has 1 aromatic carbocycles. The molecule has 0 saturated carbocycles. The van der Waals surface area contributed by atoms with E-state index in [9.17, 15) is 14.4 Å². The Bertz CT molecular complexity index is 682. The average molecular weight is 320 g/mol. The lowest BCUT2D eigenvalue weighted by molar-refractivity contribution is -0.136. The van der Waals surface area contributed by atoms with E-state index in [1.165, 1.54) is 30.2 Å². The van der Waals surface area contributed by atoms with Gasteiger partial charge in [0.2, 0.25) is 0 Å². The summed E-state index contributed by atoms with van der Waals surface area (Å²) in [4.78, 5) is 36.4. The Morgan fingerprint density at radius 3 is 2.74 bits per heavy atom. The van der Waals surface area contributed by atoms with E-state index in [0.717, 1.165) is 0 Å². The number of carboxylic acid groups (broad SMARTS) is 1. The van der Waals surface area contributed by atoms with Crippen LogP contribution in [0.5, 0.6) is 0 Å². The zero-order valence-electron chi connectivity index (χ0n) is 12.4. The van der Waals surface area contributed by atoms with Crippen molar-refractivity contribution in [3.63, 3.8) is 0 Å². The van der Waals surface area contributed by atoms with Gasteiger partial charge in [0, 0.05) is 12.2 Å². The lowest BCUT2D eigenvalue weighted by atomic mass is 10.2. The predicted octanol–water partition coefficient (Wildman–Crippen LogP) is 0.0583. The van der Waals surface area contributed by atoms with Crippen molar-refractivity contribution in [3.05, 3.63) is 41.1 Å². The van der Waals surface area contributed by atoms with Crippen LogP contribution in [0, 0.1) is 0 Å². The second-order valence-corrected chi connectivity index (χ2v) is 4.81. The van der Waals surface area contributed by atoms with Crippen LogP contribution in [-0.2, 0) is 14.3 Å². The Morgan fingerprint density at radius 2 is 2.13 bits per heavy atom. The van der Waals surface area contributed by atoms with Crippen molar-refractivity contribution in [2.45, 2.75) is 0 Å². The topological polar surface area (TPSA) is 116 Å². The fourth-order valence-electron chi connectivity index (χ4n) is 2.22. The van der Waals surface area contributed by atoms with Gasteiger partial charge in [-0.3, -0.25) is 4.79 Å². The van der Waals surface area contributed by atoms with Crippen LogP contribution < -0.4 is 5.32 Å². The number of methoxy groups -OCH3 is 1. The molecular weight excluding hydrogens is 304 g/mol. The molecule has 1 aliphatic heterocycles. The Kier molecular flexibility index (Phi) is 4.97. The zero-order chi connectivity index (χ0) is 17.0. The van der Waals surface area contributed by atoms with Crippen LogP contribution in [0.4, 0.5) is 5.69 Å². The lowest BCUT2D eigenvalue weighted by Gasteiger charge is -2.15. The lowest BCUT2D eigenvalue weighted by Crippen LogP contribution is -2.31. The van der Waals surface area contributed by atoms with Crippen LogP contribution in [-0.4, -0.2) is 59.8 Å². The number of ether oxygens (including phenoxy) is 1. The summed E-state index contributed by atoms with van der Waals surface area (Å²) in [6, 6.07) is 5.87. The number of rotatable bonds is 6. The third-order valence-electron chi connectivity index (χ3n) is 3.33. The van der Waals surface area contributed by atoms with Crippen LogP contribution in [0.2, 0.25) is 0 Å². The molecule has 0 saturated heterocycles. The number of carboxylic acids is 1. The first kappa shape index (κ1) is 16.5. The molecule has 0 bridgehead atoms. The van der Waals surface area contributed by atoms with Crippen molar-refractivity contribution in [2.24, 2.45) is 0 Å². The number of aliphatic hydroxyl groups is 1. The maximum absolute atomic E-state index is 12.3. The smallest absolute Gasteiger partial charge is 0.337 e. The predicted molar refractivity (Wildman–Crippen MR) is 79.7 cm³/mol. The fraction of sp³-hybridized carbons (Fsp3) is 0.267. The van der Waals surface area contributed by atoms with Crippen molar-refractivity contribution in [3.8, 4) is 0 Å². The van der Waals surface area contributed by atoms with Gasteiger partial charge < -0.3 is 25.2 Å². The summed E-state index contributed by atoms with van der Waals surface area (Å²) in [6.07, 6.45) is 0. The molecule has 122 valence electrons. The second kappa shape index (κ2) is 6.93. The van der Waals surface area contributed by atoms with Gasteiger partial charge in [-0.2, -0.15) is 0 Å². The summed E-state index contributed by atoms with van der Waals surface area (Å²) in [5, 5.41) is 20.8. The maximum Gasteiger partial charge on any atom is 0.337 e. The Morgan fingerprint density at radius 1 is 1.39 bits per heavy atom. The van der Waals surface area contributed by atoms with Gasteiger partial charge in [-0.15, -0.1) is 0 Å². The van der Waals surface area contributed by atoms with Crippen LogP contribution in [0.3, 0.4) is 0 Å². The zero-order valence-corrected chi connectivity index (χ0v) is 12.4. The molecule has 0 spiro atoms. The molecule has 0 atom stereocenters. The molecule has 23 heavy (non-hydrogen) atoms. The van der Waals surface area contributed by atoms with E-state index in [1.807, 2.05) is 0 Å². The number of nitrogens with zero attached hydrogens (tertiary/aromatic N) is 1. The third kappa shape index (κ3) is 3.49. The number of carbonyl (C=O) groups excluding carboxylic acids is 2. The Hall–Kier alpha value is -2.87. The van der Waals surface area contributed by atoms with E-state index < -0.39 is 17.8 Å². The number of amides is 1. The van der Waals surface area contributed by atoms with Crippen molar-refractivity contribution < 1.29 is 29.3 Å². The highest BCUT2D eigenvalue weighted by Gasteiger charge is 2.34. The molecule has 1 aliphatic rings.